The lowest BCUT2D eigenvalue weighted by molar-refractivity contribution is 0.598. The van der Waals surface area contributed by atoms with Gasteiger partial charge in [0.15, 0.2) is 0 Å². The molecule has 0 saturated carbocycles. The maximum absolute atomic E-state index is 13.0. The number of primary sulfonamides is 1. The predicted octanol–water partition coefficient (Wildman–Crippen LogP) is 2.00. The number of nitrogens with two attached hydrogens (primary N) is 1. The normalized spacial score (nSPS) is 11.1. The summed E-state index contributed by atoms with van der Waals surface area (Å²) in [4.78, 5) is 0.0749. The van der Waals surface area contributed by atoms with E-state index in [0.717, 1.165) is 5.69 Å². The first-order chi connectivity index (χ1) is 9.95. The average molecular weight is 309 g/mol. The summed E-state index contributed by atoms with van der Waals surface area (Å²) in [6.45, 7) is 1.20. The third kappa shape index (κ3) is 4.73. The van der Waals surface area contributed by atoms with Gasteiger partial charge in [-0.1, -0.05) is 6.07 Å². The van der Waals surface area contributed by atoms with E-state index in [4.69, 9.17) is 5.14 Å². The molecule has 5 nitrogen and oxygen atoms in total. The number of hydrogen-bond acceptors (Lipinski definition) is 4. The molecule has 112 valence electrons. The van der Waals surface area contributed by atoms with Gasteiger partial charge in [-0.2, -0.15) is 0 Å². The van der Waals surface area contributed by atoms with Crippen LogP contribution in [-0.4, -0.2) is 21.5 Å². The number of hydrogen-bond donors (Lipinski definition) is 3. The second-order valence-electron chi connectivity index (χ2n) is 4.43. The molecule has 0 bridgehead atoms. The van der Waals surface area contributed by atoms with E-state index >= 15 is 0 Å². The van der Waals surface area contributed by atoms with Crippen LogP contribution >= 0.6 is 0 Å². The molecule has 2 aromatic rings. The Balaban J connectivity index is 1.81. The highest BCUT2D eigenvalue weighted by molar-refractivity contribution is 7.89. The Morgan fingerprint density at radius 1 is 0.952 bits per heavy atom. The first kappa shape index (κ1) is 15.3. The Bertz CT molecular complexity index is 702. The van der Waals surface area contributed by atoms with Crippen molar-refractivity contribution in [1.29, 1.82) is 0 Å². The molecule has 0 aliphatic rings. The van der Waals surface area contributed by atoms with Gasteiger partial charge in [0.25, 0.3) is 0 Å². The van der Waals surface area contributed by atoms with E-state index in [1.807, 2.05) is 0 Å². The van der Waals surface area contributed by atoms with Gasteiger partial charge in [0.05, 0.1) is 4.90 Å². The second kappa shape index (κ2) is 6.55. The van der Waals surface area contributed by atoms with Crippen molar-refractivity contribution < 1.29 is 12.8 Å². The van der Waals surface area contributed by atoms with Crippen molar-refractivity contribution in [3.05, 3.63) is 54.3 Å². The zero-order valence-electron chi connectivity index (χ0n) is 11.2. The molecule has 2 aromatic carbocycles. The molecule has 0 unspecified atom stereocenters. The van der Waals surface area contributed by atoms with Crippen LogP contribution in [0.15, 0.2) is 53.4 Å². The molecule has 0 spiro atoms. The van der Waals surface area contributed by atoms with E-state index in [2.05, 4.69) is 10.6 Å². The van der Waals surface area contributed by atoms with Crippen molar-refractivity contribution in [1.82, 2.24) is 0 Å². The van der Waals surface area contributed by atoms with E-state index in [-0.39, 0.29) is 10.7 Å². The van der Waals surface area contributed by atoms with Crippen LogP contribution in [0.5, 0.6) is 0 Å². The molecule has 0 radical (unpaired) electrons. The van der Waals surface area contributed by atoms with E-state index < -0.39 is 10.0 Å². The minimum Gasteiger partial charge on any atom is -0.383 e. The van der Waals surface area contributed by atoms with E-state index in [1.165, 1.54) is 24.3 Å². The Morgan fingerprint density at radius 2 is 1.57 bits per heavy atom. The van der Waals surface area contributed by atoms with Gasteiger partial charge in [0, 0.05) is 24.5 Å². The molecule has 0 atom stereocenters. The van der Waals surface area contributed by atoms with Gasteiger partial charge in [-0.05, 0) is 42.5 Å². The molecule has 0 aliphatic carbocycles. The number of nitrogens with one attached hydrogen (secondary N) is 2. The fourth-order valence-corrected chi connectivity index (χ4v) is 2.29. The highest BCUT2D eigenvalue weighted by Crippen LogP contribution is 2.12. The zero-order chi connectivity index (χ0) is 15.3. The first-order valence-corrected chi connectivity index (χ1v) is 7.86. The first-order valence-electron chi connectivity index (χ1n) is 6.31. The van der Waals surface area contributed by atoms with Crippen molar-refractivity contribution in [2.45, 2.75) is 4.90 Å². The van der Waals surface area contributed by atoms with Gasteiger partial charge in [0.1, 0.15) is 5.82 Å². The smallest absolute Gasteiger partial charge is 0.238 e. The summed E-state index contributed by atoms with van der Waals surface area (Å²) >= 11 is 0. The van der Waals surface area contributed by atoms with Gasteiger partial charge in [0.2, 0.25) is 10.0 Å². The van der Waals surface area contributed by atoms with Crippen molar-refractivity contribution in [2.75, 3.05) is 23.7 Å². The predicted molar refractivity (Wildman–Crippen MR) is 81.2 cm³/mol. The lowest BCUT2D eigenvalue weighted by Gasteiger charge is -2.09. The van der Waals surface area contributed by atoms with Gasteiger partial charge in [-0.15, -0.1) is 0 Å². The molecule has 0 amide bonds. The van der Waals surface area contributed by atoms with Crippen LogP contribution in [0.3, 0.4) is 0 Å². The fraction of sp³-hybridized carbons (Fsp3) is 0.143. The molecule has 0 saturated heterocycles. The molecule has 0 fully saturated rings. The van der Waals surface area contributed by atoms with E-state index in [9.17, 15) is 12.8 Å². The van der Waals surface area contributed by atoms with Crippen LogP contribution in [0.2, 0.25) is 0 Å². The SMILES string of the molecule is NS(=O)(=O)c1ccc(NCCNc2cccc(F)c2)cc1. The summed E-state index contributed by atoms with van der Waals surface area (Å²) in [7, 11) is -3.66. The summed E-state index contributed by atoms with van der Waals surface area (Å²) in [6.07, 6.45) is 0. The monoisotopic (exact) mass is 309 g/mol. The fourth-order valence-electron chi connectivity index (χ4n) is 1.77. The van der Waals surface area contributed by atoms with Gasteiger partial charge >= 0.3 is 0 Å². The number of halogens is 1. The van der Waals surface area contributed by atoms with Crippen LogP contribution in [-0.2, 0) is 10.0 Å². The third-order valence-electron chi connectivity index (χ3n) is 2.79. The van der Waals surface area contributed by atoms with Gasteiger partial charge in [-0.25, -0.2) is 17.9 Å². The highest BCUT2D eigenvalue weighted by atomic mass is 32.2. The van der Waals surface area contributed by atoms with Gasteiger partial charge < -0.3 is 10.6 Å². The highest BCUT2D eigenvalue weighted by Gasteiger charge is 2.06. The van der Waals surface area contributed by atoms with Crippen LogP contribution in [0, 0.1) is 5.82 Å². The van der Waals surface area contributed by atoms with Crippen LogP contribution in [0.25, 0.3) is 0 Å². The standard InChI is InChI=1S/C14H16FN3O2S/c15-11-2-1-3-13(10-11)18-9-8-17-12-4-6-14(7-5-12)21(16,19)20/h1-7,10,17-18H,8-9H2,(H2,16,19,20). The molecule has 7 heteroatoms. The van der Waals surface area contributed by atoms with Crippen molar-refractivity contribution in [3.63, 3.8) is 0 Å². The Labute approximate surface area is 123 Å². The topological polar surface area (TPSA) is 84.2 Å². The maximum Gasteiger partial charge on any atom is 0.238 e. The minimum atomic E-state index is -3.66. The van der Waals surface area contributed by atoms with Crippen molar-refractivity contribution in [3.8, 4) is 0 Å². The Hall–Kier alpha value is -2.12. The van der Waals surface area contributed by atoms with E-state index in [0.29, 0.717) is 18.8 Å². The zero-order valence-corrected chi connectivity index (χ0v) is 12.0. The molecule has 0 aromatic heterocycles. The Kier molecular flexibility index (Phi) is 4.77. The molecule has 2 rings (SSSR count). The molecule has 21 heavy (non-hydrogen) atoms. The molecular weight excluding hydrogens is 293 g/mol. The van der Waals surface area contributed by atoms with Crippen LogP contribution in [0.4, 0.5) is 15.8 Å². The van der Waals surface area contributed by atoms with Crippen LogP contribution in [0.1, 0.15) is 0 Å². The number of rotatable bonds is 6. The van der Waals surface area contributed by atoms with Crippen molar-refractivity contribution >= 4 is 21.4 Å². The number of anilines is 2. The summed E-state index contributed by atoms with van der Waals surface area (Å²) in [5.41, 5.74) is 1.49. The van der Waals surface area contributed by atoms with E-state index in [1.54, 1.807) is 24.3 Å². The average Bonchev–Trinajstić information content (AvgIpc) is 2.43. The summed E-state index contributed by atoms with van der Waals surface area (Å²) in [6, 6.07) is 12.4. The summed E-state index contributed by atoms with van der Waals surface area (Å²) in [5.74, 6) is -0.286. The molecule has 4 N–H and O–H groups in total. The van der Waals surface area contributed by atoms with Crippen LogP contribution < -0.4 is 15.8 Å². The summed E-state index contributed by atoms with van der Waals surface area (Å²) in [5, 5.41) is 11.2. The number of benzene rings is 2. The van der Waals surface area contributed by atoms with Crippen molar-refractivity contribution in [2.24, 2.45) is 5.14 Å². The molecule has 0 aliphatic heterocycles. The molecular formula is C14H16FN3O2S. The summed E-state index contributed by atoms with van der Waals surface area (Å²) < 4.78 is 35.2. The Morgan fingerprint density at radius 3 is 2.14 bits per heavy atom. The lowest BCUT2D eigenvalue weighted by Crippen LogP contribution is -2.14. The number of sulfonamides is 1. The molecule has 0 heterocycles. The largest absolute Gasteiger partial charge is 0.383 e. The third-order valence-corrected chi connectivity index (χ3v) is 3.72. The second-order valence-corrected chi connectivity index (χ2v) is 5.99. The quantitative estimate of drug-likeness (QED) is 0.713. The van der Waals surface area contributed by atoms with Gasteiger partial charge in [-0.3, -0.25) is 0 Å². The minimum absolute atomic E-state index is 0.0749. The maximum atomic E-state index is 13.0. The lowest BCUT2D eigenvalue weighted by atomic mass is 10.3.